The van der Waals surface area contributed by atoms with Gasteiger partial charge in [-0.05, 0) is 37.8 Å². The van der Waals surface area contributed by atoms with Gasteiger partial charge in [-0.1, -0.05) is 0 Å². The zero-order valence-electron chi connectivity index (χ0n) is 12.6. The van der Waals surface area contributed by atoms with Gasteiger partial charge in [-0.2, -0.15) is 0 Å². The van der Waals surface area contributed by atoms with Crippen molar-refractivity contribution >= 4 is 17.5 Å². The van der Waals surface area contributed by atoms with E-state index in [1.165, 1.54) is 0 Å². The van der Waals surface area contributed by atoms with Gasteiger partial charge in [-0.15, -0.1) is 11.6 Å². The van der Waals surface area contributed by atoms with Crippen molar-refractivity contribution in [2.24, 2.45) is 0 Å². The molecule has 1 amide bonds. The highest BCUT2D eigenvalue weighted by Crippen LogP contribution is 2.27. The van der Waals surface area contributed by atoms with E-state index in [0.29, 0.717) is 22.9 Å². The Balaban J connectivity index is 2.24. The van der Waals surface area contributed by atoms with E-state index in [-0.39, 0.29) is 11.9 Å². The summed E-state index contributed by atoms with van der Waals surface area (Å²) in [7, 11) is 3.17. The highest BCUT2D eigenvalue weighted by atomic mass is 35.5. The van der Waals surface area contributed by atoms with E-state index in [9.17, 15) is 4.79 Å². The standard InChI is InChI=1S/C16H22ClNO3/c1-20-14-9-12(10-15(11-14)21-2)16(19)18-8-4-3-5-13(18)6-7-17/h9-11,13H,3-8H2,1-2H3. The molecule has 4 nitrogen and oxygen atoms in total. The van der Waals surface area contributed by atoms with Crippen molar-refractivity contribution in [3.05, 3.63) is 23.8 Å². The Hall–Kier alpha value is -1.42. The van der Waals surface area contributed by atoms with Gasteiger partial charge in [-0.3, -0.25) is 4.79 Å². The van der Waals surface area contributed by atoms with Gasteiger partial charge in [0.25, 0.3) is 5.91 Å². The number of carbonyl (C=O) groups is 1. The Labute approximate surface area is 131 Å². The van der Waals surface area contributed by atoms with E-state index in [0.717, 1.165) is 32.2 Å². The molecule has 5 heteroatoms. The lowest BCUT2D eigenvalue weighted by atomic mass is 9.98. The quantitative estimate of drug-likeness (QED) is 0.783. The van der Waals surface area contributed by atoms with Crippen LogP contribution in [0.15, 0.2) is 18.2 Å². The van der Waals surface area contributed by atoms with Crippen LogP contribution in [0.3, 0.4) is 0 Å². The summed E-state index contributed by atoms with van der Waals surface area (Å²) < 4.78 is 10.5. The van der Waals surface area contributed by atoms with Crippen molar-refractivity contribution in [1.82, 2.24) is 4.90 Å². The molecule has 0 aromatic heterocycles. The minimum absolute atomic E-state index is 0.0296. The third kappa shape index (κ3) is 3.82. The monoisotopic (exact) mass is 311 g/mol. The number of likely N-dealkylation sites (tertiary alicyclic amines) is 1. The first-order chi connectivity index (χ1) is 10.2. The van der Waals surface area contributed by atoms with Crippen molar-refractivity contribution in [2.45, 2.75) is 31.7 Å². The van der Waals surface area contributed by atoms with Gasteiger partial charge < -0.3 is 14.4 Å². The first-order valence-corrected chi connectivity index (χ1v) is 7.83. The summed E-state index contributed by atoms with van der Waals surface area (Å²) >= 11 is 5.87. The molecule has 0 spiro atoms. The summed E-state index contributed by atoms with van der Waals surface area (Å²) in [4.78, 5) is 14.7. The zero-order chi connectivity index (χ0) is 15.2. The maximum absolute atomic E-state index is 12.8. The predicted molar refractivity (Wildman–Crippen MR) is 83.6 cm³/mol. The number of carbonyl (C=O) groups excluding carboxylic acids is 1. The third-order valence-electron chi connectivity index (χ3n) is 3.93. The molecule has 1 fully saturated rings. The van der Waals surface area contributed by atoms with Gasteiger partial charge >= 0.3 is 0 Å². The third-order valence-corrected chi connectivity index (χ3v) is 4.15. The van der Waals surface area contributed by atoms with Crippen molar-refractivity contribution in [3.63, 3.8) is 0 Å². The van der Waals surface area contributed by atoms with Crippen LogP contribution in [0.1, 0.15) is 36.0 Å². The number of hydrogen-bond acceptors (Lipinski definition) is 3. The Morgan fingerprint density at radius 3 is 2.48 bits per heavy atom. The van der Waals surface area contributed by atoms with E-state index >= 15 is 0 Å². The van der Waals surface area contributed by atoms with E-state index < -0.39 is 0 Å². The van der Waals surface area contributed by atoms with E-state index in [1.54, 1.807) is 32.4 Å². The molecule has 0 aliphatic carbocycles. The molecule has 1 atom stereocenters. The van der Waals surface area contributed by atoms with Crippen LogP contribution in [0.2, 0.25) is 0 Å². The number of rotatable bonds is 5. The molecule has 0 bridgehead atoms. The smallest absolute Gasteiger partial charge is 0.254 e. The van der Waals surface area contributed by atoms with Crippen LogP contribution < -0.4 is 9.47 Å². The fraction of sp³-hybridized carbons (Fsp3) is 0.562. The second-order valence-electron chi connectivity index (χ2n) is 5.23. The molecular formula is C16H22ClNO3. The summed E-state index contributed by atoms with van der Waals surface area (Å²) in [5, 5.41) is 0. The van der Waals surface area contributed by atoms with Crippen molar-refractivity contribution in [1.29, 1.82) is 0 Å². The van der Waals surface area contributed by atoms with Crippen LogP contribution in [0.25, 0.3) is 0 Å². The van der Waals surface area contributed by atoms with Gasteiger partial charge in [0.1, 0.15) is 11.5 Å². The maximum atomic E-state index is 12.8. The average molecular weight is 312 g/mol. The molecule has 1 heterocycles. The Morgan fingerprint density at radius 1 is 1.24 bits per heavy atom. The number of amides is 1. The summed E-state index contributed by atoms with van der Waals surface area (Å²) in [6.45, 7) is 0.792. The fourth-order valence-electron chi connectivity index (χ4n) is 2.79. The van der Waals surface area contributed by atoms with Crippen molar-refractivity contribution in [2.75, 3.05) is 26.6 Å². The zero-order valence-corrected chi connectivity index (χ0v) is 13.4. The molecule has 0 radical (unpaired) electrons. The van der Waals surface area contributed by atoms with Crippen LogP contribution in [0.4, 0.5) is 0 Å². The number of ether oxygens (including phenoxy) is 2. The molecule has 0 N–H and O–H groups in total. The average Bonchev–Trinajstić information content (AvgIpc) is 2.54. The van der Waals surface area contributed by atoms with Crippen molar-refractivity contribution in [3.8, 4) is 11.5 Å². The van der Waals surface area contributed by atoms with Gasteiger partial charge in [0.2, 0.25) is 0 Å². The lowest BCUT2D eigenvalue weighted by molar-refractivity contribution is 0.0608. The summed E-state index contributed by atoms with van der Waals surface area (Å²) in [5.74, 6) is 1.87. The molecule has 1 aromatic carbocycles. The Kier molecular flexibility index (Phi) is 5.74. The number of benzene rings is 1. The fourth-order valence-corrected chi connectivity index (χ4v) is 3.04. The topological polar surface area (TPSA) is 38.8 Å². The number of piperidine rings is 1. The lowest BCUT2D eigenvalue weighted by Crippen LogP contribution is -2.44. The maximum Gasteiger partial charge on any atom is 0.254 e. The molecule has 1 saturated heterocycles. The Morgan fingerprint density at radius 2 is 1.90 bits per heavy atom. The second kappa shape index (κ2) is 7.55. The minimum Gasteiger partial charge on any atom is -0.497 e. The predicted octanol–water partition coefficient (Wildman–Crippen LogP) is 3.33. The molecule has 0 saturated carbocycles. The molecule has 1 aromatic rings. The number of hydrogen-bond donors (Lipinski definition) is 0. The van der Waals surface area contributed by atoms with E-state index in [2.05, 4.69) is 0 Å². The number of nitrogens with zero attached hydrogens (tertiary/aromatic N) is 1. The summed E-state index contributed by atoms with van der Waals surface area (Å²) in [6.07, 6.45) is 4.08. The number of methoxy groups -OCH3 is 2. The molecule has 1 aliphatic heterocycles. The van der Waals surface area contributed by atoms with Gasteiger partial charge in [0.15, 0.2) is 0 Å². The molecule has 2 rings (SSSR count). The van der Waals surface area contributed by atoms with E-state index in [1.807, 2.05) is 4.90 Å². The summed E-state index contributed by atoms with van der Waals surface area (Å²) in [5.41, 5.74) is 0.604. The Bertz CT molecular complexity index is 468. The largest absolute Gasteiger partial charge is 0.497 e. The second-order valence-corrected chi connectivity index (χ2v) is 5.61. The first-order valence-electron chi connectivity index (χ1n) is 7.29. The lowest BCUT2D eigenvalue weighted by Gasteiger charge is -2.35. The van der Waals surface area contributed by atoms with E-state index in [4.69, 9.17) is 21.1 Å². The van der Waals surface area contributed by atoms with Crippen LogP contribution >= 0.6 is 11.6 Å². The normalized spacial score (nSPS) is 18.4. The molecule has 1 aliphatic rings. The molecular weight excluding hydrogens is 290 g/mol. The summed E-state index contributed by atoms with van der Waals surface area (Å²) in [6, 6.07) is 5.53. The molecule has 116 valence electrons. The first kappa shape index (κ1) is 16.0. The van der Waals surface area contributed by atoms with Crippen LogP contribution in [0.5, 0.6) is 11.5 Å². The highest BCUT2D eigenvalue weighted by Gasteiger charge is 2.27. The minimum atomic E-state index is 0.0296. The number of halogens is 1. The van der Waals surface area contributed by atoms with Crippen LogP contribution in [0, 0.1) is 0 Å². The van der Waals surface area contributed by atoms with Gasteiger partial charge in [0.05, 0.1) is 14.2 Å². The SMILES string of the molecule is COc1cc(OC)cc(C(=O)N2CCCCC2CCCl)c1. The van der Waals surface area contributed by atoms with Crippen molar-refractivity contribution < 1.29 is 14.3 Å². The number of alkyl halides is 1. The van der Waals surface area contributed by atoms with Crippen LogP contribution in [-0.2, 0) is 0 Å². The molecule has 21 heavy (non-hydrogen) atoms. The van der Waals surface area contributed by atoms with Crippen LogP contribution in [-0.4, -0.2) is 43.5 Å². The highest BCUT2D eigenvalue weighted by molar-refractivity contribution is 6.17. The van der Waals surface area contributed by atoms with Gasteiger partial charge in [0, 0.05) is 30.1 Å². The molecule has 1 unspecified atom stereocenters. The van der Waals surface area contributed by atoms with Gasteiger partial charge in [-0.25, -0.2) is 0 Å².